The number of aromatic nitrogens is 3. The van der Waals surface area contributed by atoms with Crippen molar-refractivity contribution in [2.45, 2.75) is 50.7 Å². The maximum atomic E-state index is 13.0. The van der Waals surface area contributed by atoms with Gasteiger partial charge in [-0.2, -0.15) is 5.10 Å². The molecule has 1 aromatic heterocycles. The Hall–Kier alpha value is -3.85. The Balaban J connectivity index is 1.06. The quantitative estimate of drug-likeness (QED) is 0.559. The summed E-state index contributed by atoms with van der Waals surface area (Å²) >= 11 is 0. The first-order chi connectivity index (χ1) is 17.5. The summed E-state index contributed by atoms with van der Waals surface area (Å²) in [5, 5.41) is 6.54. The number of hydrogen-bond donors (Lipinski definition) is 1. The van der Waals surface area contributed by atoms with Gasteiger partial charge in [-0.25, -0.2) is 9.67 Å². The van der Waals surface area contributed by atoms with E-state index in [1.165, 1.54) is 17.5 Å². The van der Waals surface area contributed by atoms with Crippen LogP contribution >= 0.6 is 0 Å². The maximum Gasteiger partial charge on any atom is 0.255 e. The zero-order valence-corrected chi connectivity index (χ0v) is 20.0. The predicted molar refractivity (Wildman–Crippen MR) is 131 cm³/mol. The van der Waals surface area contributed by atoms with Gasteiger partial charge in [0.15, 0.2) is 0 Å². The molecular formula is C27H28N6O3. The Morgan fingerprint density at radius 2 is 1.78 bits per heavy atom. The van der Waals surface area contributed by atoms with Crippen molar-refractivity contribution in [3.05, 3.63) is 77.4 Å². The number of hydrogen-bond acceptors (Lipinski definition) is 6. The van der Waals surface area contributed by atoms with Crippen LogP contribution in [0.4, 0.5) is 0 Å². The number of nitrogens with one attached hydrogen (secondary N) is 1. The molecule has 3 aromatic rings. The third-order valence-electron chi connectivity index (χ3n) is 7.63. The normalized spacial score (nSPS) is 21.1. The molecule has 0 radical (unpaired) electrons. The number of rotatable bonds is 5. The van der Waals surface area contributed by atoms with Gasteiger partial charge in [0, 0.05) is 25.1 Å². The van der Waals surface area contributed by atoms with E-state index in [0.29, 0.717) is 24.4 Å². The second-order valence-corrected chi connectivity index (χ2v) is 9.87. The Labute approximate surface area is 209 Å². The third-order valence-corrected chi connectivity index (χ3v) is 7.63. The fourth-order valence-electron chi connectivity index (χ4n) is 5.63. The molecule has 2 aromatic carbocycles. The molecule has 1 atom stereocenters. The molecule has 9 heteroatoms. The second kappa shape index (κ2) is 9.31. The Morgan fingerprint density at radius 3 is 2.50 bits per heavy atom. The van der Waals surface area contributed by atoms with Crippen molar-refractivity contribution in [3.63, 3.8) is 0 Å². The van der Waals surface area contributed by atoms with Gasteiger partial charge in [-0.1, -0.05) is 24.3 Å². The molecule has 36 heavy (non-hydrogen) atoms. The van der Waals surface area contributed by atoms with Gasteiger partial charge in [-0.3, -0.25) is 24.6 Å². The monoisotopic (exact) mass is 484 g/mol. The number of piperidine rings is 2. The molecule has 4 heterocycles. The highest BCUT2D eigenvalue weighted by Gasteiger charge is 2.39. The lowest BCUT2D eigenvalue weighted by atomic mass is 9.87. The first kappa shape index (κ1) is 22.6. The van der Waals surface area contributed by atoms with E-state index >= 15 is 0 Å². The number of likely N-dealkylation sites (tertiary alicyclic amines) is 1. The van der Waals surface area contributed by atoms with Crippen LogP contribution in [0.3, 0.4) is 0 Å². The average molecular weight is 485 g/mol. The standard InChI is InChI=1S/C27H28N6O3/c34-25-8-7-24(26(35)30-25)32-15-21-13-20(3-6-23(21)27(32)36)19-9-11-31(12-10-19)14-18-1-4-22(5-2-18)33-17-28-16-29-33/h1-6,13,16-17,19,24H,7-12,14-15H2,(H,30,34,35). The zero-order valence-electron chi connectivity index (χ0n) is 20.0. The fourth-order valence-corrected chi connectivity index (χ4v) is 5.63. The van der Waals surface area contributed by atoms with E-state index < -0.39 is 6.04 Å². The summed E-state index contributed by atoms with van der Waals surface area (Å²) < 4.78 is 1.75. The summed E-state index contributed by atoms with van der Waals surface area (Å²) in [6.45, 7) is 3.39. The maximum absolute atomic E-state index is 13.0. The molecule has 1 N–H and O–H groups in total. The van der Waals surface area contributed by atoms with Crippen molar-refractivity contribution >= 4 is 17.7 Å². The van der Waals surface area contributed by atoms with Crippen LogP contribution in [0.1, 0.15) is 58.6 Å². The number of fused-ring (bicyclic) bond motifs is 1. The largest absolute Gasteiger partial charge is 0.322 e. The molecule has 0 saturated carbocycles. The van der Waals surface area contributed by atoms with Crippen molar-refractivity contribution in [2.75, 3.05) is 13.1 Å². The van der Waals surface area contributed by atoms with Crippen LogP contribution in [0.2, 0.25) is 0 Å². The van der Waals surface area contributed by atoms with Crippen molar-refractivity contribution in [3.8, 4) is 5.69 Å². The Kier molecular flexibility index (Phi) is 5.85. The minimum Gasteiger partial charge on any atom is -0.322 e. The number of amides is 3. The van der Waals surface area contributed by atoms with Crippen LogP contribution < -0.4 is 5.32 Å². The van der Waals surface area contributed by atoms with Crippen LogP contribution in [0.25, 0.3) is 5.69 Å². The van der Waals surface area contributed by atoms with Crippen molar-refractivity contribution < 1.29 is 14.4 Å². The van der Waals surface area contributed by atoms with Crippen molar-refractivity contribution in [1.82, 2.24) is 29.9 Å². The van der Waals surface area contributed by atoms with E-state index in [4.69, 9.17) is 0 Å². The number of carbonyl (C=O) groups excluding carboxylic acids is 3. The number of nitrogens with zero attached hydrogens (tertiary/aromatic N) is 5. The first-order valence-electron chi connectivity index (χ1n) is 12.5. The highest BCUT2D eigenvalue weighted by molar-refractivity contribution is 6.05. The van der Waals surface area contributed by atoms with E-state index in [2.05, 4.69) is 56.7 Å². The minimum atomic E-state index is -0.570. The van der Waals surface area contributed by atoms with Crippen LogP contribution in [-0.4, -0.2) is 61.4 Å². The highest BCUT2D eigenvalue weighted by atomic mass is 16.2. The van der Waals surface area contributed by atoms with Crippen LogP contribution in [-0.2, 0) is 22.7 Å². The van der Waals surface area contributed by atoms with Gasteiger partial charge in [0.2, 0.25) is 11.8 Å². The molecule has 3 aliphatic rings. The molecule has 9 nitrogen and oxygen atoms in total. The predicted octanol–water partition coefficient (Wildman–Crippen LogP) is 2.41. The molecule has 0 spiro atoms. The third kappa shape index (κ3) is 4.30. The zero-order chi connectivity index (χ0) is 24.6. The summed E-state index contributed by atoms with van der Waals surface area (Å²) in [6.07, 6.45) is 6.03. The summed E-state index contributed by atoms with van der Waals surface area (Å²) in [5.74, 6) is -0.289. The average Bonchev–Trinajstić information content (AvgIpc) is 3.54. The summed E-state index contributed by atoms with van der Waals surface area (Å²) in [5.41, 5.74) is 5.21. The molecule has 6 rings (SSSR count). The van der Waals surface area contributed by atoms with Gasteiger partial charge in [-0.15, -0.1) is 0 Å². The smallest absolute Gasteiger partial charge is 0.255 e. The van der Waals surface area contributed by atoms with E-state index in [-0.39, 0.29) is 24.1 Å². The number of imide groups is 1. The van der Waals surface area contributed by atoms with E-state index in [1.54, 1.807) is 15.9 Å². The fraction of sp³-hybridized carbons (Fsp3) is 0.370. The van der Waals surface area contributed by atoms with Crippen molar-refractivity contribution in [1.29, 1.82) is 0 Å². The molecule has 184 valence electrons. The molecule has 0 aliphatic carbocycles. The summed E-state index contributed by atoms with van der Waals surface area (Å²) in [6, 6.07) is 14.0. The first-order valence-corrected chi connectivity index (χ1v) is 12.5. The SMILES string of the molecule is O=C1CCC(N2Cc3cc(C4CCN(Cc5ccc(-n6cncn6)cc5)CC4)ccc3C2=O)C(=O)N1. The van der Waals surface area contributed by atoms with E-state index in [9.17, 15) is 14.4 Å². The topological polar surface area (TPSA) is 100 Å². The second-order valence-electron chi connectivity index (χ2n) is 9.87. The lowest BCUT2D eigenvalue weighted by Gasteiger charge is -2.32. The van der Waals surface area contributed by atoms with Gasteiger partial charge in [0.25, 0.3) is 5.91 Å². The Bertz CT molecular complexity index is 1300. The van der Waals surface area contributed by atoms with E-state index in [0.717, 1.165) is 43.7 Å². The lowest BCUT2D eigenvalue weighted by Crippen LogP contribution is -2.52. The molecule has 2 fully saturated rings. The molecule has 2 saturated heterocycles. The summed E-state index contributed by atoms with van der Waals surface area (Å²) in [4.78, 5) is 44.9. The van der Waals surface area contributed by atoms with Crippen LogP contribution in [0, 0.1) is 0 Å². The Morgan fingerprint density at radius 1 is 0.972 bits per heavy atom. The summed E-state index contributed by atoms with van der Waals surface area (Å²) in [7, 11) is 0. The minimum absolute atomic E-state index is 0.115. The van der Waals surface area contributed by atoms with Gasteiger partial charge in [0.1, 0.15) is 18.7 Å². The van der Waals surface area contributed by atoms with Crippen LogP contribution in [0.15, 0.2) is 55.1 Å². The highest BCUT2D eigenvalue weighted by Crippen LogP contribution is 2.34. The van der Waals surface area contributed by atoms with Crippen molar-refractivity contribution in [2.24, 2.45) is 0 Å². The number of benzene rings is 2. The van der Waals surface area contributed by atoms with Gasteiger partial charge in [0.05, 0.1) is 5.69 Å². The lowest BCUT2D eigenvalue weighted by molar-refractivity contribution is -0.136. The van der Waals surface area contributed by atoms with Gasteiger partial charge < -0.3 is 4.90 Å². The molecule has 0 bridgehead atoms. The van der Waals surface area contributed by atoms with Gasteiger partial charge in [-0.05, 0) is 73.2 Å². The molecule has 1 unspecified atom stereocenters. The van der Waals surface area contributed by atoms with E-state index in [1.807, 2.05) is 6.07 Å². The molecular weight excluding hydrogens is 456 g/mol. The number of carbonyl (C=O) groups is 3. The molecule has 3 aliphatic heterocycles. The van der Waals surface area contributed by atoms with Crippen LogP contribution in [0.5, 0.6) is 0 Å². The van der Waals surface area contributed by atoms with Gasteiger partial charge >= 0.3 is 0 Å². The molecule has 3 amide bonds.